The van der Waals surface area contributed by atoms with Crippen LogP contribution in [0.1, 0.15) is 32.1 Å². The summed E-state index contributed by atoms with van der Waals surface area (Å²) in [5.74, 6) is -0.0485. The summed E-state index contributed by atoms with van der Waals surface area (Å²) in [6.07, 6.45) is 2.77. The van der Waals surface area contributed by atoms with E-state index < -0.39 is 19.4 Å². The molecule has 36 heavy (non-hydrogen) atoms. The molecule has 12 heteroatoms. The first-order valence-electron chi connectivity index (χ1n) is 11.6. The van der Waals surface area contributed by atoms with Crippen molar-refractivity contribution in [3.05, 3.63) is 65.2 Å². The van der Waals surface area contributed by atoms with Crippen LogP contribution in [0.4, 0.5) is 5.82 Å². The molecule has 3 aromatic rings. The number of carbonyl (C=O) groups excluding carboxylic acids is 1. The van der Waals surface area contributed by atoms with Gasteiger partial charge in [0, 0.05) is 11.4 Å². The SMILES string of the molecule is CC(C)OC(=O)CNP(=O)(OC[C@@H]1CC[C@H](n2ccc(N)nc2=O)S1)Oc1ccc2ccccc2c1. The monoisotopic (exact) mass is 532 g/mol. The minimum atomic E-state index is -3.94. The van der Waals surface area contributed by atoms with E-state index in [2.05, 4.69) is 10.1 Å². The molecule has 2 heterocycles. The lowest BCUT2D eigenvalue weighted by Gasteiger charge is -2.22. The van der Waals surface area contributed by atoms with E-state index in [0.29, 0.717) is 12.2 Å². The number of aromatic nitrogens is 2. The van der Waals surface area contributed by atoms with Crippen LogP contribution in [0.25, 0.3) is 10.8 Å². The number of fused-ring (bicyclic) bond motifs is 1. The summed E-state index contributed by atoms with van der Waals surface area (Å²) in [7, 11) is -3.94. The fraction of sp³-hybridized carbons (Fsp3) is 0.375. The maximum absolute atomic E-state index is 13.7. The Morgan fingerprint density at radius 3 is 2.75 bits per heavy atom. The van der Waals surface area contributed by atoms with E-state index in [1.54, 1.807) is 38.2 Å². The van der Waals surface area contributed by atoms with Crippen molar-refractivity contribution in [2.45, 2.75) is 43.4 Å². The van der Waals surface area contributed by atoms with Crippen LogP contribution < -0.4 is 21.0 Å². The van der Waals surface area contributed by atoms with Gasteiger partial charge in [-0.2, -0.15) is 4.98 Å². The fourth-order valence-electron chi connectivity index (χ4n) is 3.77. The Kier molecular flexibility index (Phi) is 8.35. The van der Waals surface area contributed by atoms with Gasteiger partial charge in [0.25, 0.3) is 0 Å². The van der Waals surface area contributed by atoms with E-state index in [9.17, 15) is 14.2 Å². The van der Waals surface area contributed by atoms with Crippen LogP contribution in [0.2, 0.25) is 0 Å². The summed E-state index contributed by atoms with van der Waals surface area (Å²) in [5.41, 5.74) is 5.17. The third-order valence-electron chi connectivity index (χ3n) is 5.41. The topological polar surface area (TPSA) is 135 Å². The smallest absolute Gasteiger partial charge is 0.459 e. The quantitative estimate of drug-likeness (QED) is 0.290. The highest BCUT2D eigenvalue weighted by Crippen LogP contribution is 2.48. The number of rotatable bonds is 10. The second-order valence-electron chi connectivity index (χ2n) is 8.60. The number of benzene rings is 2. The van der Waals surface area contributed by atoms with Gasteiger partial charge in [0.1, 0.15) is 18.1 Å². The molecule has 1 aromatic heterocycles. The lowest BCUT2D eigenvalue weighted by Crippen LogP contribution is -2.28. The van der Waals surface area contributed by atoms with Gasteiger partial charge < -0.3 is 15.0 Å². The summed E-state index contributed by atoms with van der Waals surface area (Å²) in [4.78, 5) is 28.0. The van der Waals surface area contributed by atoms with Crippen molar-refractivity contribution >= 4 is 42.1 Å². The number of anilines is 1. The molecule has 0 saturated carbocycles. The Morgan fingerprint density at radius 1 is 1.22 bits per heavy atom. The number of hydrogen-bond donors (Lipinski definition) is 2. The van der Waals surface area contributed by atoms with Crippen LogP contribution in [-0.4, -0.2) is 40.0 Å². The lowest BCUT2D eigenvalue weighted by molar-refractivity contribution is -0.145. The second kappa shape index (κ2) is 11.5. The Labute approximate surface area is 213 Å². The third-order valence-corrected chi connectivity index (χ3v) is 8.43. The summed E-state index contributed by atoms with van der Waals surface area (Å²) in [5, 5.41) is 4.38. The van der Waals surface area contributed by atoms with Gasteiger partial charge in [-0.3, -0.25) is 13.9 Å². The third kappa shape index (κ3) is 6.88. The van der Waals surface area contributed by atoms with Gasteiger partial charge in [0.2, 0.25) is 0 Å². The molecule has 0 amide bonds. The molecule has 192 valence electrons. The highest BCUT2D eigenvalue weighted by molar-refractivity contribution is 8.00. The number of ether oxygens (including phenoxy) is 1. The van der Waals surface area contributed by atoms with Crippen molar-refractivity contribution in [3.8, 4) is 5.75 Å². The van der Waals surface area contributed by atoms with Crippen LogP contribution in [0.5, 0.6) is 5.75 Å². The first-order chi connectivity index (χ1) is 17.2. The molecule has 0 bridgehead atoms. The number of carbonyl (C=O) groups is 1. The first kappa shape index (κ1) is 26.2. The largest absolute Gasteiger partial charge is 0.462 e. The van der Waals surface area contributed by atoms with Crippen LogP contribution >= 0.6 is 19.5 Å². The highest BCUT2D eigenvalue weighted by Gasteiger charge is 2.33. The van der Waals surface area contributed by atoms with Crippen LogP contribution in [-0.2, 0) is 18.6 Å². The van der Waals surface area contributed by atoms with Crippen molar-refractivity contribution in [2.75, 3.05) is 18.9 Å². The summed E-state index contributed by atoms with van der Waals surface area (Å²) in [6, 6.07) is 14.6. The van der Waals surface area contributed by atoms with Crippen LogP contribution in [0.15, 0.2) is 59.5 Å². The molecule has 10 nitrogen and oxygen atoms in total. The van der Waals surface area contributed by atoms with Gasteiger partial charge in [-0.25, -0.2) is 14.4 Å². The Balaban J connectivity index is 1.44. The number of hydrogen-bond acceptors (Lipinski definition) is 9. The van der Waals surface area contributed by atoms with E-state index >= 15 is 0 Å². The van der Waals surface area contributed by atoms with Gasteiger partial charge in [-0.05, 0) is 55.7 Å². The van der Waals surface area contributed by atoms with Gasteiger partial charge in [0.05, 0.1) is 18.1 Å². The average Bonchev–Trinajstić information content (AvgIpc) is 3.30. The zero-order valence-electron chi connectivity index (χ0n) is 20.0. The van der Waals surface area contributed by atoms with E-state index in [-0.39, 0.29) is 35.7 Å². The standard InChI is InChI=1S/C24H29N4O6PS/c1-16(2)33-23(29)14-26-35(31,34-19-8-7-17-5-3-4-6-18(17)13-19)32-15-20-9-10-22(36-20)28-12-11-21(25)27-24(28)30/h3-8,11-13,16,20,22H,9-10,14-15H2,1-2H3,(H,26,31)(H2,25,27,30)/t20-,22+,35?/m0/s1. The molecular formula is C24H29N4O6PS. The van der Waals surface area contributed by atoms with E-state index in [4.69, 9.17) is 19.5 Å². The number of nitrogens with zero attached hydrogens (tertiary/aromatic N) is 2. The number of nitrogens with one attached hydrogen (secondary N) is 1. The molecule has 4 rings (SSSR count). The van der Waals surface area contributed by atoms with Gasteiger partial charge in [-0.15, -0.1) is 11.8 Å². The summed E-state index contributed by atoms with van der Waals surface area (Å²) in [6.45, 7) is 3.22. The maximum Gasteiger partial charge on any atom is 0.459 e. The Hall–Kier alpha value is -2.85. The Morgan fingerprint density at radius 2 is 2.00 bits per heavy atom. The number of nitrogen functional groups attached to an aromatic ring is 1. The minimum Gasteiger partial charge on any atom is -0.462 e. The molecule has 1 aliphatic rings. The van der Waals surface area contributed by atoms with Crippen LogP contribution in [0, 0.1) is 0 Å². The molecule has 1 aliphatic heterocycles. The van der Waals surface area contributed by atoms with E-state index in [1.165, 1.54) is 16.3 Å². The molecule has 3 atom stereocenters. The number of esters is 1. The van der Waals surface area contributed by atoms with E-state index in [1.807, 2.05) is 30.3 Å². The highest BCUT2D eigenvalue weighted by atomic mass is 32.2. The summed E-state index contributed by atoms with van der Waals surface area (Å²) < 4.78 is 31.9. The van der Waals surface area contributed by atoms with Gasteiger partial charge in [0.15, 0.2) is 0 Å². The van der Waals surface area contributed by atoms with Crippen molar-refractivity contribution in [1.29, 1.82) is 0 Å². The average molecular weight is 533 g/mol. The molecule has 1 unspecified atom stereocenters. The van der Waals surface area contributed by atoms with E-state index in [0.717, 1.165) is 17.2 Å². The van der Waals surface area contributed by atoms with Crippen molar-refractivity contribution in [3.63, 3.8) is 0 Å². The van der Waals surface area contributed by atoms with Crippen molar-refractivity contribution in [2.24, 2.45) is 0 Å². The molecular weight excluding hydrogens is 503 g/mol. The Bertz CT molecular complexity index is 1330. The zero-order valence-corrected chi connectivity index (χ0v) is 21.7. The molecule has 0 aliphatic carbocycles. The predicted molar refractivity (Wildman–Crippen MR) is 140 cm³/mol. The van der Waals surface area contributed by atoms with Gasteiger partial charge in [-0.1, -0.05) is 30.3 Å². The normalized spacial score (nSPS) is 19.3. The van der Waals surface area contributed by atoms with Crippen molar-refractivity contribution in [1.82, 2.24) is 14.6 Å². The molecule has 3 N–H and O–H groups in total. The molecule has 1 saturated heterocycles. The lowest BCUT2D eigenvalue weighted by atomic mass is 10.1. The number of thioether (sulfide) groups is 1. The first-order valence-corrected chi connectivity index (χ1v) is 14.1. The van der Waals surface area contributed by atoms with Gasteiger partial charge >= 0.3 is 19.4 Å². The fourth-order valence-corrected chi connectivity index (χ4v) is 6.60. The molecule has 2 aromatic carbocycles. The summed E-state index contributed by atoms with van der Waals surface area (Å²) >= 11 is 1.53. The molecule has 0 radical (unpaired) electrons. The van der Waals surface area contributed by atoms with Crippen molar-refractivity contribution < 1.29 is 23.1 Å². The molecule has 1 fully saturated rings. The zero-order chi connectivity index (χ0) is 25.7. The second-order valence-corrected chi connectivity index (χ2v) is 11.8. The predicted octanol–water partition coefficient (Wildman–Crippen LogP) is 4.12. The van der Waals surface area contributed by atoms with Crippen LogP contribution in [0.3, 0.4) is 0 Å². The minimum absolute atomic E-state index is 0.0441. The molecule has 0 spiro atoms. The maximum atomic E-state index is 13.7. The number of nitrogens with two attached hydrogens (primary N) is 1.